The summed E-state index contributed by atoms with van der Waals surface area (Å²) in [7, 11) is 0. The van der Waals surface area contributed by atoms with Gasteiger partial charge in [0, 0.05) is 6.61 Å². The summed E-state index contributed by atoms with van der Waals surface area (Å²) in [6, 6.07) is 5.97. The van der Waals surface area contributed by atoms with E-state index in [1.807, 2.05) is 0 Å². The molecule has 5 atom stereocenters. The van der Waals surface area contributed by atoms with Crippen LogP contribution in [0.2, 0.25) is 0 Å². The average Bonchev–Trinajstić information content (AvgIpc) is 2.78. The maximum atomic E-state index is 12.2. The van der Waals surface area contributed by atoms with E-state index < -0.39 is 60.5 Å². The Labute approximate surface area is 187 Å². The summed E-state index contributed by atoms with van der Waals surface area (Å²) in [6.45, 7) is -0.745. The van der Waals surface area contributed by atoms with Crippen molar-refractivity contribution in [2.45, 2.75) is 37.1 Å². The molecular weight excluding hydrogens is 444 g/mol. The summed E-state index contributed by atoms with van der Waals surface area (Å²) >= 11 is 0. The largest absolute Gasteiger partial charge is 0.504 e. The molecule has 0 aliphatic carbocycles. The molecule has 1 aliphatic heterocycles. The van der Waals surface area contributed by atoms with Crippen molar-refractivity contribution in [2.24, 2.45) is 0 Å². The molecular formula is C21H24O12. The van der Waals surface area contributed by atoms with E-state index in [0.717, 1.165) is 12.1 Å². The van der Waals surface area contributed by atoms with E-state index in [2.05, 4.69) is 0 Å². The Morgan fingerprint density at radius 2 is 1.58 bits per heavy atom. The normalized spacial score (nSPS) is 24.9. The summed E-state index contributed by atoms with van der Waals surface area (Å²) in [5.74, 6) is -3.79. The fourth-order valence-electron chi connectivity index (χ4n) is 3.19. The summed E-state index contributed by atoms with van der Waals surface area (Å²) < 4.78 is 15.8. The van der Waals surface area contributed by atoms with Crippen LogP contribution in [0.25, 0.3) is 0 Å². The predicted octanol–water partition coefficient (Wildman–Crippen LogP) is -0.913. The van der Waals surface area contributed by atoms with Crippen LogP contribution in [-0.4, -0.2) is 90.7 Å². The molecule has 12 nitrogen and oxygen atoms in total. The van der Waals surface area contributed by atoms with E-state index in [-0.39, 0.29) is 23.7 Å². The first-order chi connectivity index (χ1) is 15.6. The molecule has 0 saturated carbocycles. The maximum Gasteiger partial charge on any atom is 0.338 e. The lowest BCUT2D eigenvalue weighted by molar-refractivity contribution is -0.277. The van der Waals surface area contributed by atoms with Crippen LogP contribution in [0, 0.1) is 0 Å². The Bertz CT molecular complexity index is 970. The summed E-state index contributed by atoms with van der Waals surface area (Å²) in [4.78, 5) is 12.2. The number of ether oxygens (including phenoxy) is 3. The monoisotopic (exact) mass is 468 g/mol. The van der Waals surface area contributed by atoms with Crippen LogP contribution in [-0.2, 0) is 15.9 Å². The summed E-state index contributed by atoms with van der Waals surface area (Å²) in [5.41, 5.74) is 0.313. The van der Waals surface area contributed by atoms with E-state index in [4.69, 9.17) is 19.3 Å². The highest BCUT2D eigenvalue weighted by atomic mass is 16.7. The third-order valence-electron chi connectivity index (χ3n) is 5.02. The molecule has 1 saturated heterocycles. The van der Waals surface area contributed by atoms with Gasteiger partial charge in [-0.2, -0.15) is 0 Å². The van der Waals surface area contributed by atoms with Gasteiger partial charge in [0.25, 0.3) is 0 Å². The third kappa shape index (κ3) is 5.38. The molecule has 0 aromatic heterocycles. The number of carbonyl (C=O) groups excluding carboxylic acids is 1. The highest BCUT2D eigenvalue weighted by Gasteiger charge is 2.45. The number of benzene rings is 2. The molecule has 5 unspecified atom stereocenters. The highest BCUT2D eigenvalue weighted by Crippen LogP contribution is 2.36. The van der Waals surface area contributed by atoms with Gasteiger partial charge in [0.1, 0.15) is 31.0 Å². The van der Waals surface area contributed by atoms with Crippen molar-refractivity contribution in [1.29, 1.82) is 0 Å². The number of aliphatic hydroxyl groups is 4. The number of hydrogen-bond acceptors (Lipinski definition) is 12. The van der Waals surface area contributed by atoms with Gasteiger partial charge in [-0.3, -0.25) is 0 Å². The maximum absolute atomic E-state index is 12.2. The minimum Gasteiger partial charge on any atom is -0.504 e. The molecule has 12 heteroatoms. The fourth-order valence-corrected chi connectivity index (χ4v) is 3.19. The Morgan fingerprint density at radius 1 is 0.909 bits per heavy atom. The minimum atomic E-state index is -1.75. The first-order valence-electron chi connectivity index (χ1n) is 9.83. The quantitative estimate of drug-likeness (QED) is 0.184. The van der Waals surface area contributed by atoms with Crippen molar-refractivity contribution in [2.75, 3.05) is 13.2 Å². The zero-order chi connectivity index (χ0) is 24.3. The molecule has 2 aromatic carbocycles. The Balaban J connectivity index is 1.68. The van der Waals surface area contributed by atoms with Gasteiger partial charge in [-0.25, -0.2) is 4.79 Å². The van der Waals surface area contributed by atoms with Gasteiger partial charge in [-0.15, -0.1) is 0 Å². The van der Waals surface area contributed by atoms with Gasteiger partial charge in [-0.1, -0.05) is 6.07 Å². The van der Waals surface area contributed by atoms with Gasteiger partial charge >= 0.3 is 5.97 Å². The van der Waals surface area contributed by atoms with Crippen molar-refractivity contribution in [1.82, 2.24) is 0 Å². The standard InChI is InChI=1S/C21H24O12/c22-4-3-9-1-2-14(11(23)5-9)32-21-19(29)18(28)17(27)15(33-21)8-31-20(30)10-6-12(24)16(26)13(25)7-10/h1-2,5-7,15,17-19,21-29H,3-4,8H2. The SMILES string of the molecule is O=C(OCC1OC(Oc2ccc(CCO)cc2O)C(O)C(O)C1O)c1cc(O)c(O)c(O)c1. The summed E-state index contributed by atoms with van der Waals surface area (Å²) in [5, 5.41) is 78.0. The van der Waals surface area contributed by atoms with Crippen molar-refractivity contribution in [3.63, 3.8) is 0 Å². The van der Waals surface area contributed by atoms with Crippen LogP contribution < -0.4 is 4.74 Å². The number of phenolic OH excluding ortho intramolecular Hbond substituents is 4. The first-order valence-corrected chi connectivity index (χ1v) is 9.83. The fraction of sp³-hybridized carbons (Fsp3) is 0.381. The molecule has 8 N–H and O–H groups in total. The second kappa shape index (κ2) is 10.1. The van der Waals surface area contributed by atoms with E-state index in [0.29, 0.717) is 12.0 Å². The van der Waals surface area contributed by atoms with Crippen molar-refractivity contribution in [3.8, 4) is 28.7 Å². The third-order valence-corrected chi connectivity index (χ3v) is 5.02. The number of esters is 1. The molecule has 0 radical (unpaired) electrons. The van der Waals surface area contributed by atoms with Gasteiger partial charge < -0.3 is 55.1 Å². The average molecular weight is 468 g/mol. The molecule has 0 amide bonds. The van der Waals surface area contributed by atoms with Crippen molar-refractivity contribution in [3.05, 3.63) is 41.5 Å². The highest BCUT2D eigenvalue weighted by molar-refractivity contribution is 5.91. The zero-order valence-corrected chi connectivity index (χ0v) is 17.1. The zero-order valence-electron chi connectivity index (χ0n) is 17.1. The second-order valence-electron chi connectivity index (χ2n) is 7.37. The molecule has 180 valence electrons. The minimum absolute atomic E-state index is 0.102. The van der Waals surface area contributed by atoms with Crippen molar-refractivity contribution >= 4 is 5.97 Å². The molecule has 3 rings (SSSR count). The van der Waals surface area contributed by atoms with E-state index in [1.165, 1.54) is 12.1 Å². The van der Waals surface area contributed by atoms with E-state index in [1.54, 1.807) is 6.07 Å². The van der Waals surface area contributed by atoms with Crippen LogP contribution in [0.5, 0.6) is 28.7 Å². The Kier molecular flexibility index (Phi) is 7.46. The number of hydrogen-bond donors (Lipinski definition) is 8. The van der Waals surface area contributed by atoms with Gasteiger partial charge in [0.2, 0.25) is 6.29 Å². The second-order valence-corrected chi connectivity index (χ2v) is 7.37. The van der Waals surface area contributed by atoms with Crippen LogP contribution in [0.15, 0.2) is 30.3 Å². The summed E-state index contributed by atoms with van der Waals surface area (Å²) in [6.07, 6.45) is -7.74. The molecule has 0 spiro atoms. The van der Waals surface area contributed by atoms with Crippen LogP contribution >= 0.6 is 0 Å². The van der Waals surface area contributed by atoms with Crippen LogP contribution in [0.1, 0.15) is 15.9 Å². The molecule has 1 heterocycles. The number of aromatic hydroxyl groups is 4. The molecule has 0 bridgehead atoms. The van der Waals surface area contributed by atoms with Crippen molar-refractivity contribution < 1.29 is 59.9 Å². The number of phenols is 4. The lowest BCUT2D eigenvalue weighted by atomic mass is 9.99. The number of carbonyl (C=O) groups is 1. The van der Waals surface area contributed by atoms with E-state index in [9.17, 15) is 40.5 Å². The molecule has 2 aromatic rings. The smallest absolute Gasteiger partial charge is 0.338 e. The van der Waals surface area contributed by atoms with Gasteiger partial charge in [0.15, 0.2) is 28.7 Å². The van der Waals surface area contributed by atoms with Crippen LogP contribution in [0.4, 0.5) is 0 Å². The Morgan fingerprint density at radius 3 is 2.18 bits per heavy atom. The van der Waals surface area contributed by atoms with Crippen LogP contribution in [0.3, 0.4) is 0 Å². The molecule has 1 fully saturated rings. The topological polar surface area (TPSA) is 207 Å². The lowest BCUT2D eigenvalue weighted by Gasteiger charge is -2.39. The van der Waals surface area contributed by atoms with Gasteiger partial charge in [-0.05, 0) is 36.2 Å². The number of aliphatic hydroxyl groups excluding tert-OH is 4. The lowest BCUT2D eigenvalue weighted by Crippen LogP contribution is -2.60. The van der Waals surface area contributed by atoms with E-state index >= 15 is 0 Å². The molecule has 1 aliphatic rings. The number of rotatable bonds is 7. The Hall–Kier alpha value is -3.29. The molecule has 33 heavy (non-hydrogen) atoms. The van der Waals surface area contributed by atoms with Gasteiger partial charge in [0.05, 0.1) is 5.56 Å². The first kappa shape index (κ1) is 24.4. The predicted molar refractivity (Wildman–Crippen MR) is 108 cm³/mol.